The Balaban J connectivity index is 2.98. The third-order valence-electron chi connectivity index (χ3n) is 2.88. The van der Waals surface area contributed by atoms with E-state index < -0.39 is 6.04 Å². The predicted octanol–water partition coefficient (Wildman–Crippen LogP) is 1.30. The molecule has 0 bridgehead atoms. The molecular weight excluding hydrogens is 268 g/mol. The van der Waals surface area contributed by atoms with Crippen molar-refractivity contribution in [3.8, 4) is 0 Å². The van der Waals surface area contributed by atoms with Crippen LogP contribution in [0.5, 0.6) is 0 Å². The second kappa shape index (κ2) is 6.97. The lowest BCUT2D eigenvalue weighted by Gasteiger charge is -2.20. The van der Waals surface area contributed by atoms with Crippen LogP contribution in [0.15, 0.2) is 18.2 Å². The summed E-state index contributed by atoms with van der Waals surface area (Å²) in [5, 5.41) is 5.87. The van der Waals surface area contributed by atoms with Gasteiger partial charge < -0.3 is 21.3 Å². The van der Waals surface area contributed by atoms with Crippen molar-refractivity contribution in [1.82, 2.24) is 10.2 Å². The summed E-state index contributed by atoms with van der Waals surface area (Å²) in [5.74, 6) is -0.273. The van der Waals surface area contributed by atoms with Crippen molar-refractivity contribution < 1.29 is 9.59 Å². The molecule has 0 aliphatic carbocycles. The number of anilines is 2. The lowest BCUT2D eigenvalue weighted by Crippen LogP contribution is -2.41. The fraction of sp³-hybridized carbons (Fsp3) is 0.467. The molecule has 0 heterocycles. The van der Waals surface area contributed by atoms with Gasteiger partial charge in [0.25, 0.3) is 5.91 Å². The zero-order chi connectivity index (χ0) is 16.2. The number of nitrogen functional groups attached to an aromatic ring is 1. The molecule has 1 atom stereocenters. The molecule has 6 heteroatoms. The summed E-state index contributed by atoms with van der Waals surface area (Å²) in [6.07, 6.45) is 0. The molecule has 2 amide bonds. The Morgan fingerprint density at radius 2 is 1.81 bits per heavy atom. The van der Waals surface area contributed by atoms with E-state index in [0.717, 1.165) is 0 Å². The molecule has 116 valence electrons. The summed E-state index contributed by atoms with van der Waals surface area (Å²) in [6.45, 7) is 5.53. The molecule has 0 spiro atoms. The first-order chi connectivity index (χ1) is 9.72. The van der Waals surface area contributed by atoms with E-state index >= 15 is 0 Å². The maximum Gasteiger partial charge on any atom is 0.255 e. The number of nitrogens with one attached hydrogen (secondary N) is 2. The fourth-order valence-corrected chi connectivity index (χ4v) is 1.82. The van der Waals surface area contributed by atoms with Crippen LogP contribution in [-0.4, -0.2) is 42.9 Å². The number of benzene rings is 1. The number of hydrogen-bond donors (Lipinski definition) is 3. The smallest absolute Gasteiger partial charge is 0.255 e. The van der Waals surface area contributed by atoms with Crippen LogP contribution in [0.4, 0.5) is 11.4 Å². The summed E-state index contributed by atoms with van der Waals surface area (Å²) in [4.78, 5) is 25.6. The molecule has 6 nitrogen and oxygen atoms in total. The normalized spacial score (nSPS) is 11.9. The van der Waals surface area contributed by atoms with Crippen molar-refractivity contribution in [3.05, 3.63) is 23.8 Å². The molecule has 1 aromatic rings. The van der Waals surface area contributed by atoms with Gasteiger partial charge in [-0.25, -0.2) is 0 Å². The number of carbonyl (C=O) groups excluding carboxylic acids is 2. The van der Waals surface area contributed by atoms with E-state index in [4.69, 9.17) is 5.73 Å². The van der Waals surface area contributed by atoms with Crippen molar-refractivity contribution >= 4 is 23.2 Å². The van der Waals surface area contributed by atoms with Gasteiger partial charge in [0, 0.05) is 31.5 Å². The monoisotopic (exact) mass is 292 g/mol. The summed E-state index contributed by atoms with van der Waals surface area (Å²) in [5.41, 5.74) is 7.34. The topological polar surface area (TPSA) is 87.5 Å². The maximum atomic E-state index is 12.2. The first-order valence-corrected chi connectivity index (χ1v) is 6.90. The Morgan fingerprint density at radius 1 is 1.19 bits per heavy atom. The van der Waals surface area contributed by atoms with Crippen molar-refractivity contribution in [2.24, 2.45) is 0 Å². The summed E-state index contributed by atoms with van der Waals surface area (Å²) in [7, 11) is 3.36. The van der Waals surface area contributed by atoms with Crippen molar-refractivity contribution in [2.45, 2.75) is 32.9 Å². The number of carbonyl (C=O) groups is 2. The molecule has 1 unspecified atom stereocenters. The van der Waals surface area contributed by atoms with Gasteiger partial charge in [0.2, 0.25) is 5.91 Å². The van der Waals surface area contributed by atoms with Crippen molar-refractivity contribution in [2.75, 3.05) is 25.1 Å². The van der Waals surface area contributed by atoms with Crippen LogP contribution >= 0.6 is 0 Å². The first-order valence-electron chi connectivity index (χ1n) is 6.90. The molecule has 0 aliphatic rings. The van der Waals surface area contributed by atoms with Crippen LogP contribution in [0.1, 0.15) is 31.1 Å². The van der Waals surface area contributed by atoms with Gasteiger partial charge in [0.1, 0.15) is 6.04 Å². The van der Waals surface area contributed by atoms with Gasteiger partial charge in [-0.05, 0) is 39.0 Å². The molecular formula is C15H24N4O2. The number of hydrogen-bond acceptors (Lipinski definition) is 4. The highest BCUT2D eigenvalue weighted by atomic mass is 16.2. The summed E-state index contributed by atoms with van der Waals surface area (Å²) < 4.78 is 0. The number of rotatable bonds is 5. The minimum atomic E-state index is -0.470. The van der Waals surface area contributed by atoms with Gasteiger partial charge in [-0.3, -0.25) is 9.59 Å². The van der Waals surface area contributed by atoms with E-state index in [1.165, 1.54) is 4.90 Å². The lowest BCUT2D eigenvalue weighted by atomic mass is 10.1. The van der Waals surface area contributed by atoms with Crippen LogP contribution in [0.3, 0.4) is 0 Å². The minimum Gasteiger partial charge on any atom is -0.399 e. The van der Waals surface area contributed by atoms with E-state index in [2.05, 4.69) is 10.6 Å². The lowest BCUT2D eigenvalue weighted by molar-refractivity contribution is -0.122. The summed E-state index contributed by atoms with van der Waals surface area (Å²) >= 11 is 0. The molecule has 0 saturated heterocycles. The summed E-state index contributed by atoms with van der Waals surface area (Å²) in [6, 6.07) is 4.58. The van der Waals surface area contributed by atoms with Crippen LogP contribution in [0, 0.1) is 0 Å². The van der Waals surface area contributed by atoms with E-state index in [9.17, 15) is 9.59 Å². The molecule has 0 aromatic heterocycles. The molecule has 4 N–H and O–H groups in total. The number of nitrogens with two attached hydrogens (primary N) is 1. The Labute approximate surface area is 125 Å². The van der Waals surface area contributed by atoms with Gasteiger partial charge in [-0.15, -0.1) is 0 Å². The number of nitrogens with zero attached hydrogens (tertiary/aromatic N) is 1. The van der Waals surface area contributed by atoms with Crippen LogP contribution in [-0.2, 0) is 4.79 Å². The average molecular weight is 292 g/mol. The zero-order valence-corrected chi connectivity index (χ0v) is 13.2. The molecule has 1 rings (SSSR count). The van der Waals surface area contributed by atoms with Gasteiger partial charge in [0.15, 0.2) is 0 Å². The van der Waals surface area contributed by atoms with E-state index in [1.807, 2.05) is 13.8 Å². The first kappa shape index (κ1) is 16.8. The quantitative estimate of drug-likeness (QED) is 0.714. The highest BCUT2D eigenvalue weighted by Crippen LogP contribution is 2.21. The second-order valence-corrected chi connectivity index (χ2v) is 5.53. The van der Waals surface area contributed by atoms with E-state index in [1.54, 1.807) is 39.2 Å². The largest absolute Gasteiger partial charge is 0.399 e. The molecule has 0 saturated carbocycles. The van der Waals surface area contributed by atoms with E-state index in [0.29, 0.717) is 16.9 Å². The van der Waals surface area contributed by atoms with E-state index in [-0.39, 0.29) is 17.9 Å². The second-order valence-electron chi connectivity index (χ2n) is 5.53. The maximum absolute atomic E-state index is 12.2. The Hall–Kier alpha value is -2.24. The molecule has 21 heavy (non-hydrogen) atoms. The van der Waals surface area contributed by atoms with Gasteiger partial charge in [-0.1, -0.05) is 0 Å². The van der Waals surface area contributed by atoms with Crippen molar-refractivity contribution in [1.29, 1.82) is 0 Å². The fourth-order valence-electron chi connectivity index (χ4n) is 1.82. The molecule has 0 aliphatic heterocycles. The van der Waals surface area contributed by atoms with Crippen LogP contribution in [0.25, 0.3) is 0 Å². The van der Waals surface area contributed by atoms with Gasteiger partial charge >= 0.3 is 0 Å². The third kappa shape index (κ3) is 4.66. The average Bonchev–Trinajstić information content (AvgIpc) is 2.37. The standard InChI is InChI=1S/C15H24N4O2/c1-9(2)17-14(20)10(3)18-13-8-11(16)6-7-12(13)15(21)19(4)5/h6-10,18H,16H2,1-5H3,(H,17,20). The molecule has 0 fully saturated rings. The molecule has 0 radical (unpaired) electrons. The van der Waals surface area contributed by atoms with Crippen LogP contribution in [0.2, 0.25) is 0 Å². The highest BCUT2D eigenvalue weighted by molar-refractivity contribution is 6.00. The highest BCUT2D eigenvalue weighted by Gasteiger charge is 2.18. The zero-order valence-electron chi connectivity index (χ0n) is 13.2. The number of amides is 2. The minimum absolute atomic E-state index is 0.0606. The Bertz CT molecular complexity index is 526. The predicted molar refractivity (Wildman–Crippen MR) is 85.2 cm³/mol. The van der Waals surface area contributed by atoms with Crippen LogP contribution < -0.4 is 16.4 Å². The SMILES string of the molecule is CC(C)NC(=O)C(C)Nc1cc(N)ccc1C(=O)N(C)C. The third-order valence-corrected chi connectivity index (χ3v) is 2.88. The van der Waals surface area contributed by atoms with Crippen molar-refractivity contribution in [3.63, 3.8) is 0 Å². The van der Waals surface area contributed by atoms with Gasteiger partial charge in [-0.2, -0.15) is 0 Å². The molecule has 1 aromatic carbocycles. The van der Waals surface area contributed by atoms with Gasteiger partial charge in [0.05, 0.1) is 5.56 Å². The Morgan fingerprint density at radius 3 is 2.33 bits per heavy atom. The Kier molecular flexibility index (Phi) is 5.58.